The molecule has 2 nitrogen and oxygen atoms in total. The summed E-state index contributed by atoms with van der Waals surface area (Å²) in [7, 11) is 3.82. The van der Waals surface area contributed by atoms with Gasteiger partial charge in [0, 0.05) is 13.1 Å². The Hall–Kier alpha value is -0.485. The average Bonchev–Trinajstić information content (AvgIpc) is 2.12. The first-order valence-electron chi connectivity index (χ1n) is 5.52. The predicted molar refractivity (Wildman–Crippen MR) is 63.5 cm³/mol. The molecule has 0 aliphatic rings. The molecular weight excluding hydrogens is 216 g/mol. The Morgan fingerprint density at radius 2 is 1.69 bits per heavy atom. The molecule has 0 atom stereocenters. The fraction of sp³-hybridized carbons (Fsp3) is 0.800. The van der Waals surface area contributed by atoms with Crippen molar-refractivity contribution in [2.24, 2.45) is 0 Å². The topological polar surface area (TPSA) is 6.48 Å². The lowest BCUT2D eigenvalue weighted by Crippen LogP contribution is -2.37. The lowest BCUT2D eigenvalue weighted by molar-refractivity contribution is 0.256. The van der Waals surface area contributed by atoms with Crippen LogP contribution in [0.4, 0.5) is 12.9 Å². The van der Waals surface area contributed by atoms with Crippen LogP contribution in [0.3, 0.4) is 0 Å². The minimum Gasteiger partial charge on any atom is -0.445 e. The number of hydrogen-bond acceptors (Lipinski definition) is 2. The van der Waals surface area contributed by atoms with Gasteiger partial charge in [-0.2, -0.15) is 0 Å². The third-order valence-corrected chi connectivity index (χ3v) is 2.29. The normalized spacial score (nSPS) is 12.5. The van der Waals surface area contributed by atoms with Crippen molar-refractivity contribution in [2.75, 3.05) is 40.3 Å². The van der Waals surface area contributed by atoms with Gasteiger partial charge in [0.15, 0.2) is 0 Å². The maximum absolute atomic E-state index is 12.4. The van der Waals surface area contributed by atoms with Gasteiger partial charge < -0.3 is 22.7 Å². The molecule has 0 spiro atoms. The minimum atomic E-state index is -4.90. The zero-order valence-electron chi connectivity index (χ0n) is 10.3. The van der Waals surface area contributed by atoms with Crippen molar-refractivity contribution in [3.05, 3.63) is 12.1 Å². The second kappa shape index (κ2) is 6.96. The summed E-state index contributed by atoms with van der Waals surface area (Å²) in [5.41, 5.74) is -0.604. The van der Waals surface area contributed by atoms with E-state index in [0.717, 1.165) is 13.0 Å². The maximum atomic E-state index is 12.4. The molecule has 0 aliphatic heterocycles. The predicted octanol–water partition coefficient (Wildman–Crippen LogP) is 2.20. The van der Waals surface area contributed by atoms with Gasteiger partial charge in [0.2, 0.25) is 0 Å². The van der Waals surface area contributed by atoms with Crippen LogP contribution in [0.1, 0.15) is 13.3 Å². The highest BCUT2D eigenvalue weighted by Gasteiger charge is 2.27. The van der Waals surface area contributed by atoms with E-state index in [1.165, 1.54) is 0 Å². The van der Waals surface area contributed by atoms with E-state index in [1.807, 2.05) is 25.9 Å². The van der Waals surface area contributed by atoms with Crippen LogP contribution in [0.2, 0.25) is 0 Å². The molecule has 0 radical (unpaired) electrons. The maximum Gasteiger partial charge on any atom is 0.506 e. The summed E-state index contributed by atoms with van der Waals surface area (Å²) in [4.78, 5) is 3.77. The summed E-state index contributed by atoms with van der Waals surface area (Å²) in [5.74, 6) is 0. The molecule has 0 fully saturated rings. The van der Waals surface area contributed by atoms with E-state index in [4.69, 9.17) is 0 Å². The van der Waals surface area contributed by atoms with Crippen molar-refractivity contribution >= 4 is 6.98 Å². The van der Waals surface area contributed by atoms with Gasteiger partial charge in [-0.05, 0) is 33.6 Å². The van der Waals surface area contributed by atoms with Crippen LogP contribution in [0.5, 0.6) is 0 Å². The number of likely N-dealkylation sites (N-methyl/N-ethyl adjacent to an activating group) is 1. The van der Waals surface area contributed by atoms with Crippen LogP contribution >= 0.6 is 0 Å². The Labute approximate surface area is 96.2 Å². The van der Waals surface area contributed by atoms with Gasteiger partial charge in [-0.1, -0.05) is 6.92 Å². The Morgan fingerprint density at radius 1 is 1.12 bits per heavy atom. The molecule has 0 bridgehead atoms. The molecule has 0 aromatic carbocycles. The van der Waals surface area contributed by atoms with Gasteiger partial charge in [0.1, 0.15) is 0 Å². The van der Waals surface area contributed by atoms with Crippen molar-refractivity contribution in [1.29, 1.82) is 0 Å². The van der Waals surface area contributed by atoms with E-state index in [1.54, 1.807) is 4.90 Å². The van der Waals surface area contributed by atoms with Gasteiger partial charge >= 0.3 is 6.98 Å². The summed E-state index contributed by atoms with van der Waals surface area (Å²) >= 11 is 0. The summed E-state index contributed by atoms with van der Waals surface area (Å²) in [6.45, 7) is 2.21. The van der Waals surface area contributed by atoms with E-state index >= 15 is 0 Å². The van der Waals surface area contributed by atoms with E-state index in [-0.39, 0.29) is 6.54 Å². The lowest BCUT2D eigenvalue weighted by atomic mass is 9.80. The summed E-state index contributed by atoms with van der Waals surface area (Å²) in [6, 6.07) is 0. The molecule has 0 heterocycles. The van der Waals surface area contributed by atoms with Crippen LogP contribution in [0.25, 0.3) is 0 Å². The summed E-state index contributed by atoms with van der Waals surface area (Å²) in [5, 5.41) is 0. The first-order valence-corrected chi connectivity index (χ1v) is 5.52. The van der Waals surface area contributed by atoms with E-state index < -0.39 is 12.4 Å². The fourth-order valence-electron chi connectivity index (χ4n) is 1.32. The zero-order valence-corrected chi connectivity index (χ0v) is 10.3. The molecule has 0 aliphatic carbocycles. The molecule has 0 saturated heterocycles. The Balaban J connectivity index is 4.17. The standard InChI is InChI=1S/C10H21BF3N2/c1-5-6-16(8-7-15(3)4)9-10(2)11(12,13)14/h2,5-9H2,1,3-4H3/q-1. The second-order valence-electron chi connectivity index (χ2n) is 4.31. The van der Waals surface area contributed by atoms with Crippen LogP contribution in [-0.4, -0.2) is 57.1 Å². The van der Waals surface area contributed by atoms with Crippen LogP contribution in [-0.2, 0) is 0 Å². The summed E-state index contributed by atoms with van der Waals surface area (Å²) in [6.07, 6.45) is 0.853. The molecule has 0 aromatic heterocycles. The average molecular weight is 237 g/mol. The molecule has 0 unspecified atom stereocenters. The molecule has 16 heavy (non-hydrogen) atoms. The van der Waals surface area contributed by atoms with Crippen molar-refractivity contribution in [3.8, 4) is 0 Å². The van der Waals surface area contributed by atoms with Crippen LogP contribution in [0, 0.1) is 0 Å². The second-order valence-corrected chi connectivity index (χ2v) is 4.31. The first kappa shape index (κ1) is 15.5. The third kappa shape index (κ3) is 6.90. The van der Waals surface area contributed by atoms with Crippen molar-refractivity contribution in [3.63, 3.8) is 0 Å². The highest BCUT2D eigenvalue weighted by atomic mass is 19.4. The number of nitrogens with zero attached hydrogens (tertiary/aromatic N) is 2. The molecule has 0 aromatic rings. The van der Waals surface area contributed by atoms with Gasteiger partial charge in [0.05, 0.1) is 0 Å². The monoisotopic (exact) mass is 237 g/mol. The zero-order chi connectivity index (χ0) is 12.8. The Bertz CT molecular complexity index is 217. The quantitative estimate of drug-likeness (QED) is 0.597. The van der Waals surface area contributed by atoms with Crippen LogP contribution < -0.4 is 0 Å². The van der Waals surface area contributed by atoms with Gasteiger partial charge in [-0.25, -0.2) is 0 Å². The lowest BCUT2D eigenvalue weighted by Gasteiger charge is -2.28. The molecule has 0 N–H and O–H groups in total. The highest BCUT2D eigenvalue weighted by molar-refractivity contribution is 6.66. The Morgan fingerprint density at radius 3 is 2.06 bits per heavy atom. The third-order valence-electron chi connectivity index (χ3n) is 2.29. The number of hydrogen-bond donors (Lipinski definition) is 0. The molecule has 0 saturated carbocycles. The molecule has 96 valence electrons. The molecular formula is C10H21BF3N2-. The Kier molecular flexibility index (Phi) is 6.75. The minimum absolute atomic E-state index is 0.0643. The number of rotatable bonds is 8. The van der Waals surface area contributed by atoms with E-state index in [0.29, 0.717) is 13.1 Å². The van der Waals surface area contributed by atoms with Crippen molar-refractivity contribution < 1.29 is 12.9 Å². The smallest absolute Gasteiger partial charge is 0.445 e. The van der Waals surface area contributed by atoms with Gasteiger partial charge in [-0.15, -0.1) is 12.1 Å². The highest BCUT2D eigenvalue weighted by Crippen LogP contribution is 2.19. The fourth-order valence-corrected chi connectivity index (χ4v) is 1.32. The largest absolute Gasteiger partial charge is 0.506 e. The van der Waals surface area contributed by atoms with Crippen LogP contribution in [0.15, 0.2) is 12.1 Å². The first-order chi connectivity index (χ1) is 7.27. The van der Waals surface area contributed by atoms with E-state index in [2.05, 4.69) is 6.58 Å². The molecule has 0 amide bonds. The molecule has 6 heteroatoms. The number of halogens is 3. The van der Waals surface area contributed by atoms with E-state index in [9.17, 15) is 12.9 Å². The van der Waals surface area contributed by atoms with Gasteiger partial charge in [-0.3, -0.25) is 0 Å². The van der Waals surface area contributed by atoms with Gasteiger partial charge in [0.25, 0.3) is 0 Å². The SMILES string of the molecule is C=C(CN(CCC)CCN(C)C)[B-](F)(F)F. The molecule has 0 rings (SSSR count). The summed E-state index contributed by atoms with van der Waals surface area (Å²) < 4.78 is 37.1. The van der Waals surface area contributed by atoms with Crippen molar-refractivity contribution in [2.45, 2.75) is 13.3 Å². The van der Waals surface area contributed by atoms with Crippen molar-refractivity contribution in [1.82, 2.24) is 9.80 Å².